The van der Waals surface area contributed by atoms with Crippen molar-refractivity contribution in [2.45, 2.75) is 24.5 Å². The summed E-state index contributed by atoms with van der Waals surface area (Å²) in [4.78, 5) is 41.8. The van der Waals surface area contributed by atoms with Crippen LogP contribution in [0.15, 0.2) is 29.0 Å². The van der Waals surface area contributed by atoms with Gasteiger partial charge in [-0.05, 0) is 44.5 Å². The van der Waals surface area contributed by atoms with Crippen LogP contribution in [0.25, 0.3) is 5.76 Å². The molecule has 0 radical (unpaired) electrons. The van der Waals surface area contributed by atoms with Gasteiger partial charge in [-0.1, -0.05) is 6.07 Å². The molecule has 6 N–H and O–H groups in total. The Morgan fingerprint density at radius 2 is 1.76 bits per heavy atom. The first kappa shape index (κ1) is 22.8. The maximum absolute atomic E-state index is 13.7. The maximum Gasteiger partial charge on any atom is 0.255 e. The lowest BCUT2D eigenvalue weighted by atomic mass is 9.57. The molecule has 0 aliphatic heterocycles. The fourth-order valence-corrected chi connectivity index (χ4v) is 5.57. The van der Waals surface area contributed by atoms with Gasteiger partial charge in [-0.2, -0.15) is 0 Å². The molecule has 3 aliphatic rings. The lowest BCUT2D eigenvalue weighted by molar-refractivity contribution is -0.153. The van der Waals surface area contributed by atoms with E-state index >= 15 is 0 Å². The van der Waals surface area contributed by atoms with Crippen LogP contribution in [0.5, 0.6) is 5.75 Å². The van der Waals surface area contributed by atoms with Gasteiger partial charge in [0.15, 0.2) is 11.4 Å². The molecule has 0 saturated heterocycles. The number of hydrogen-bond donors (Lipinski definition) is 5. The molecule has 0 spiro atoms. The average molecular weight is 457 g/mol. The number of likely N-dealkylation sites (N-methyl/N-ethyl adjacent to an activating group) is 1. The number of phenols is 1. The quantitative estimate of drug-likeness (QED) is 0.394. The van der Waals surface area contributed by atoms with E-state index in [9.17, 15) is 34.8 Å². The molecule has 176 valence electrons. The minimum atomic E-state index is -2.63. The van der Waals surface area contributed by atoms with Gasteiger partial charge in [0.05, 0.1) is 17.3 Å². The topological polar surface area (TPSA) is 165 Å². The summed E-state index contributed by atoms with van der Waals surface area (Å²) in [5.74, 6) is -6.50. The summed E-state index contributed by atoms with van der Waals surface area (Å²) >= 11 is 0. The van der Waals surface area contributed by atoms with Gasteiger partial charge in [-0.25, -0.2) is 0 Å². The first-order valence-electron chi connectivity index (χ1n) is 10.5. The van der Waals surface area contributed by atoms with Crippen molar-refractivity contribution in [3.05, 3.63) is 40.2 Å². The van der Waals surface area contributed by atoms with Gasteiger partial charge in [-0.15, -0.1) is 0 Å². The maximum atomic E-state index is 13.7. The molecule has 3 aliphatic carbocycles. The summed E-state index contributed by atoms with van der Waals surface area (Å²) in [7, 11) is 6.55. The molecule has 0 bridgehead atoms. The molecule has 1 saturated carbocycles. The number of Topliss-reactive ketones (excluding diaryl/α,β-unsaturated/α-hetero) is 2. The van der Waals surface area contributed by atoms with Crippen molar-refractivity contribution in [1.29, 1.82) is 0 Å². The van der Waals surface area contributed by atoms with Crippen LogP contribution >= 0.6 is 0 Å². The number of aliphatic hydroxyl groups is 3. The SMILES string of the molecule is CN(C)c1ccc2c(c1O)C(O)=C1C(=O)[C@]3(O)C(O)=C(C(N)=O)C(=O)[C@@H](N(C)C)C3CC1C2. The number of phenolic OH excluding ortho intramolecular Hbond substituents is 1. The molecule has 4 atom stereocenters. The molecule has 1 fully saturated rings. The number of hydrogen-bond acceptors (Lipinski definition) is 9. The van der Waals surface area contributed by atoms with E-state index in [0.29, 0.717) is 11.3 Å². The van der Waals surface area contributed by atoms with E-state index in [4.69, 9.17) is 5.73 Å². The summed E-state index contributed by atoms with van der Waals surface area (Å²) in [6, 6.07) is 2.36. The molecular formula is C23H27N3O7. The van der Waals surface area contributed by atoms with E-state index in [2.05, 4.69) is 0 Å². The molecule has 0 heterocycles. The van der Waals surface area contributed by atoms with E-state index < -0.39 is 58.0 Å². The van der Waals surface area contributed by atoms with E-state index in [1.165, 1.54) is 4.90 Å². The van der Waals surface area contributed by atoms with Crippen LogP contribution in [0.2, 0.25) is 0 Å². The zero-order valence-electron chi connectivity index (χ0n) is 18.8. The molecule has 1 amide bonds. The van der Waals surface area contributed by atoms with Gasteiger partial charge in [0.2, 0.25) is 5.78 Å². The zero-order chi connectivity index (χ0) is 24.6. The normalized spacial score (nSPS) is 29.1. The van der Waals surface area contributed by atoms with Gasteiger partial charge in [0, 0.05) is 25.6 Å². The number of ketones is 2. The highest BCUT2D eigenvalue weighted by molar-refractivity contribution is 6.24. The van der Waals surface area contributed by atoms with E-state index in [1.807, 2.05) is 0 Å². The second-order valence-corrected chi connectivity index (χ2v) is 9.32. The minimum absolute atomic E-state index is 0.0714. The molecule has 1 aromatic carbocycles. The number of carbonyl (C=O) groups excluding carboxylic acids is 3. The van der Waals surface area contributed by atoms with Crippen LogP contribution in [0.1, 0.15) is 17.5 Å². The van der Waals surface area contributed by atoms with Crippen LogP contribution in [0.3, 0.4) is 0 Å². The highest BCUT2D eigenvalue weighted by atomic mass is 16.3. The number of nitrogens with two attached hydrogens (primary N) is 1. The summed E-state index contributed by atoms with van der Waals surface area (Å²) in [6.45, 7) is 0. The Balaban J connectivity index is 1.97. The Labute approximate surface area is 190 Å². The predicted octanol–water partition coefficient (Wildman–Crippen LogP) is 0.0300. The van der Waals surface area contributed by atoms with Gasteiger partial charge >= 0.3 is 0 Å². The first-order valence-corrected chi connectivity index (χ1v) is 10.5. The number of carbonyl (C=O) groups is 3. The van der Waals surface area contributed by atoms with Gasteiger partial charge in [-0.3, -0.25) is 19.3 Å². The Bertz CT molecular complexity index is 1170. The number of aromatic hydroxyl groups is 1. The molecule has 4 rings (SSSR count). The van der Waals surface area contributed by atoms with Crippen molar-refractivity contribution < 1.29 is 34.8 Å². The van der Waals surface area contributed by atoms with Gasteiger partial charge in [0.25, 0.3) is 5.91 Å². The number of nitrogens with zero attached hydrogens (tertiary/aromatic N) is 2. The molecule has 0 aromatic heterocycles. The standard InChI is InChI=1S/C23H27N3O7/c1-25(2)12-6-5-9-7-10-8-11-16(26(3)4)19(29)15(22(24)32)21(31)23(11,33)20(30)14(10)18(28)13(9)17(12)27/h5-6,10-11,16,27-28,31,33H,7-8H2,1-4H3,(H2,24,32)/t10?,11?,16-,23-/m0/s1. The molecule has 10 nitrogen and oxygen atoms in total. The van der Waals surface area contributed by atoms with Crippen LogP contribution in [0, 0.1) is 11.8 Å². The van der Waals surface area contributed by atoms with E-state index in [-0.39, 0.29) is 29.7 Å². The van der Waals surface area contributed by atoms with E-state index in [0.717, 1.165) is 0 Å². The Morgan fingerprint density at radius 1 is 1.12 bits per heavy atom. The number of fused-ring (bicyclic) bond motifs is 3. The largest absolute Gasteiger partial charge is 0.508 e. The third-order valence-corrected chi connectivity index (χ3v) is 7.05. The number of rotatable bonds is 3. The highest BCUT2D eigenvalue weighted by Crippen LogP contribution is 2.53. The third kappa shape index (κ3) is 2.90. The highest BCUT2D eigenvalue weighted by Gasteiger charge is 2.64. The van der Waals surface area contributed by atoms with Crippen molar-refractivity contribution in [2.24, 2.45) is 17.6 Å². The minimum Gasteiger partial charge on any atom is -0.508 e. The smallest absolute Gasteiger partial charge is 0.255 e. The van der Waals surface area contributed by atoms with E-state index in [1.54, 1.807) is 45.2 Å². The van der Waals surface area contributed by atoms with Crippen molar-refractivity contribution in [3.8, 4) is 5.75 Å². The number of anilines is 1. The summed E-state index contributed by atoms with van der Waals surface area (Å²) < 4.78 is 0. The number of benzene rings is 1. The van der Waals surface area contributed by atoms with Gasteiger partial charge in [0.1, 0.15) is 22.8 Å². The lowest BCUT2D eigenvalue weighted by Crippen LogP contribution is -2.65. The predicted molar refractivity (Wildman–Crippen MR) is 119 cm³/mol. The van der Waals surface area contributed by atoms with Gasteiger partial charge < -0.3 is 31.1 Å². The summed E-state index contributed by atoms with van der Waals surface area (Å²) in [5, 5.41) is 44.2. The van der Waals surface area contributed by atoms with Crippen LogP contribution < -0.4 is 10.6 Å². The number of aliphatic hydroxyl groups excluding tert-OH is 2. The fraction of sp³-hybridized carbons (Fsp3) is 0.435. The van der Waals surface area contributed by atoms with Crippen LogP contribution in [0.4, 0.5) is 5.69 Å². The first-order chi connectivity index (χ1) is 15.3. The zero-order valence-corrected chi connectivity index (χ0v) is 18.8. The lowest BCUT2D eigenvalue weighted by Gasteiger charge is -2.50. The van der Waals surface area contributed by atoms with Crippen molar-refractivity contribution in [3.63, 3.8) is 0 Å². The van der Waals surface area contributed by atoms with Crippen molar-refractivity contribution >= 4 is 28.9 Å². The van der Waals surface area contributed by atoms with Crippen molar-refractivity contribution in [2.75, 3.05) is 33.1 Å². The number of primary amides is 1. The molecule has 33 heavy (non-hydrogen) atoms. The molecule has 10 heteroatoms. The second-order valence-electron chi connectivity index (χ2n) is 9.32. The van der Waals surface area contributed by atoms with Crippen LogP contribution in [-0.2, 0) is 20.8 Å². The second kappa shape index (κ2) is 7.32. The summed E-state index contributed by atoms with van der Waals surface area (Å²) in [6.07, 6.45) is 0.345. The van der Waals surface area contributed by atoms with Crippen LogP contribution in [-0.4, -0.2) is 82.6 Å². The molecular weight excluding hydrogens is 430 g/mol. The fourth-order valence-electron chi connectivity index (χ4n) is 5.57. The Kier molecular flexibility index (Phi) is 5.06. The Morgan fingerprint density at radius 3 is 2.30 bits per heavy atom. The molecule has 1 aromatic rings. The average Bonchev–Trinajstić information content (AvgIpc) is 2.70. The van der Waals surface area contributed by atoms with Crippen molar-refractivity contribution in [1.82, 2.24) is 4.90 Å². The summed E-state index contributed by atoms with van der Waals surface area (Å²) in [5.41, 5.74) is 2.82. The number of amides is 1. The monoisotopic (exact) mass is 457 g/mol. The Hall–Kier alpha value is -3.37. The third-order valence-electron chi connectivity index (χ3n) is 7.05. The molecule has 2 unspecified atom stereocenters.